The third kappa shape index (κ3) is 2.87. The maximum atomic E-state index is 5.40. The van der Waals surface area contributed by atoms with Crippen molar-refractivity contribution in [3.8, 4) is 0 Å². The summed E-state index contributed by atoms with van der Waals surface area (Å²) in [6, 6.07) is 0. The van der Waals surface area contributed by atoms with Crippen molar-refractivity contribution >= 4 is 0 Å². The Morgan fingerprint density at radius 1 is 1.47 bits per heavy atom. The van der Waals surface area contributed by atoms with E-state index in [1.165, 1.54) is 5.69 Å². The quantitative estimate of drug-likeness (QED) is 0.867. The lowest BCUT2D eigenvalue weighted by Crippen LogP contribution is -2.36. The maximum absolute atomic E-state index is 5.40. The zero-order valence-corrected chi connectivity index (χ0v) is 11.1. The summed E-state index contributed by atoms with van der Waals surface area (Å²) >= 11 is 0. The number of ether oxygens (including phenoxy) is 1. The predicted octanol–water partition coefficient (Wildman–Crippen LogP) is 1.76. The fourth-order valence-electron chi connectivity index (χ4n) is 2.32. The highest BCUT2D eigenvalue weighted by atomic mass is 16.5. The van der Waals surface area contributed by atoms with Crippen LogP contribution in [0.1, 0.15) is 32.4 Å². The van der Waals surface area contributed by atoms with E-state index in [4.69, 9.17) is 4.74 Å². The van der Waals surface area contributed by atoms with Gasteiger partial charge in [0.15, 0.2) is 0 Å². The van der Waals surface area contributed by atoms with Crippen molar-refractivity contribution in [1.82, 2.24) is 14.9 Å². The van der Waals surface area contributed by atoms with E-state index in [2.05, 4.69) is 28.7 Å². The Morgan fingerprint density at radius 3 is 2.82 bits per heavy atom. The molecule has 4 nitrogen and oxygen atoms in total. The Bertz CT molecular complexity index is 353. The second-order valence-electron chi connectivity index (χ2n) is 5.36. The molecule has 1 fully saturated rings. The largest absolute Gasteiger partial charge is 0.381 e. The summed E-state index contributed by atoms with van der Waals surface area (Å²) in [5.74, 6) is 0.726. The summed E-state index contributed by atoms with van der Waals surface area (Å²) < 4.78 is 7.68. The van der Waals surface area contributed by atoms with Crippen LogP contribution in [-0.4, -0.2) is 29.8 Å². The first-order valence-electron chi connectivity index (χ1n) is 6.41. The van der Waals surface area contributed by atoms with Crippen LogP contribution in [0.5, 0.6) is 0 Å². The van der Waals surface area contributed by atoms with E-state index >= 15 is 0 Å². The summed E-state index contributed by atoms with van der Waals surface area (Å²) in [5.41, 5.74) is 1.23. The van der Waals surface area contributed by atoms with Crippen LogP contribution in [0, 0.1) is 5.92 Å². The van der Waals surface area contributed by atoms with Crippen molar-refractivity contribution in [1.29, 1.82) is 0 Å². The van der Waals surface area contributed by atoms with Gasteiger partial charge in [-0.05, 0) is 39.7 Å². The van der Waals surface area contributed by atoms with Crippen molar-refractivity contribution in [3.05, 3.63) is 18.2 Å². The average molecular weight is 237 g/mol. The normalized spacial score (nSPS) is 18.5. The van der Waals surface area contributed by atoms with E-state index in [0.29, 0.717) is 0 Å². The Hall–Kier alpha value is -0.870. The molecule has 96 valence electrons. The van der Waals surface area contributed by atoms with Gasteiger partial charge >= 0.3 is 0 Å². The predicted molar refractivity (Wildman–Crippen MR) is 67.9 cm³/mol. The number of rotatable bonds is 4. The number of imidazole rings is 1. The third-order valence-corrected chi connectivity index (χ3v) is 3.77. The Morgan fingerprint density at radius 2 is 2.18 bits per heavy atom. The highest BCUT2D eigenvalue weighted by molar-refractivity contribution is 5.10. The molecule has 0 bridgehead atoms. The molecule has 1 saturated heterocycles. The molecule has 4 heteroatoms. The lowest BCUT2D eigenvalue weighted by molar-refractivity contribution is 0.0607. The summed E-state index contributed by atoms with van der Waals surface area (Å²) in [6.07, 6.45) is 6.24. The van der Waals surface area contributed by atoms with Gasteiger partial charge in [-0.25, -0.2) is 4.98 Å². The third-order valence-electron chi connectivity index (χ3n) is 3.77. The van der Waals surface area contributed by atoms with Gasteiger partial charge in [-0.2, -0.15) is 0 Å². The first kappa shape index (κ1) is 12.6. The summed E-state index contributed by atoms with van der Waals surface area (Å²) in [6.45, 7) is 7.24. The van der Waals surface area contributed by atoms with E-state index in [1.807, 2.05) is 19.6 Å². The van der Waals surface area contributed by atoms with Gasteiger partial charge < -0.3 is 14.6 Å². The number of hydrogen-bond acceptors (Lipinski definition) is 3. The van der Waals surface area contributed by atoms with Crippen LogP contribution in [0.4, 0.5) is 0 Å². The van der Waals surface area contributed by atoms with Gasteiger partial charge in [-0.1, -0.05) is 0 Å². The van der Waals surface area contributed by atoms with Crippen molar-refractivity contribution in [2.45, 2.75) is 38.8 Å². The molecule has 0 saturated carbocycles. The standard InChI is InChI=1S/C13H23N3O/c1-13(2,14-3)12-8-15-10-16(12)9-11-4-6-17-7-5-11/h8,10-11,14H,4-7,9H2,1-3H3. The highest BCUT2D eigenvalue weighted by Crippen LogP contribution is 2.23. The zero-order chi connectivity index (χ0) is 12.3. The fraction of sp³-hybridized carbons (Fsp3) is 0.769. The monoisotopic (exact) mass is 237 g/mol. The molecule has 0 atom stereocenters. The number of nitrogens with one attached hydrogen (secondary N) is 1. The Kier molecular flexibility index (Phi) is 3.84. The number of aromatic nitrogens is 2. The van der Waals surface area contributed by atoms with Crippen molar-refractivity contribution in [2.24, 2.45) is 5.92 Å². The minimum Gasteiger partial charge on any atom is -0.381 e. The van der Waals surface area contributed by atoms with Gasteiger partial charge in [-0.15, -0.1) is 0 Å². The van der Waals surface area contributed by atoms with Crippen molar-refractivity contribution in [3.63, 3.8) is 0 Å². The lowest BCUT2D eigenvalue weighted by atomic mass is 9.98. The molecule has 1 aliphatic heterocycles. The molecular formula is C13H23N3O. The second kappa shape index (κ2) is 5.19. The van der Waals surface area contributed by atoms with Gasteiger partial charge in [0.25, 0.3) is 0 Å². The molecule has 0 amide bonds. The zero-order valence-electron chi connectivity index (χ0n) is 11.1. The first-order valence-corrected chi connectivity index (χ1v) is 6.41. The van der Waals surface area contributed by atoms with E-state index < -0.39 is 0 Å². The summed E-state index contributed by atoms with van der Waals surface area (Å²) in [5, 5.41) is 3.34. The summed E-state index contributed by atoms with van der Waals surface area (Å²) in [7, 11) is 1.99. The highest BCUT2D eigenvalue weighted by Gasteiger charge is 2.23. The lowest BCUT2D eigenvalue weighted by Gasteiger charge is -2.28. The molecule has 1 aromatic rings. The minimum absolute atomic E-state index is 0.0261. The molecule has 1 aliphatic rings. The molecule has 1 N–H and O–H groups in total. The molecular weight excluding hydrogens is 214 g/mol. The van der Waals surface area contributed by atoms with Crippen LogP contribution in [0.25, 0.3) is 0 Å². The molecule has 2 rings (SSSR count). The topological polar surface area (TPSA) is 39.1 Å². The molecule has 0 spiro atoms. The van der Waals surface area contributed by atoms with E-state index in [1.54, 1.807) is 0 Å². The number of hydrogen-bond donors (Lipinski definition) is 1. The van der Waals surface area contributed by atoms with Crippen LogP contribution in [0.3, 0.4) is 0 Å². The van der Waals surface area contributed by atoms with E-state index in [-0.39, 0.29) is 5.54 Å². The SMILES string of the molecule is CNC(C)(C)c1cncn1CC1CCOCC1. The van der Waals surface area contributed by atoms with Gasteiger partial charge in [0.05, 0.1) is 17.6 Å². The molecule has 0 aliphatic carbocycles. The molecule has 0 aromatic carbocycles. The van der Waals surface area contributed by atoms with Gasteiger partial charge in [0.2, 0.25) is 0 Å². The second-order valence-corrected chi connectivity index (χ2v) is 5.36. The maximum Gasteiger partial charge on any atom is 0.0948 e. The van der Waals surface area contributed by atoms with E-state index in [9.17, 15) is 0 Å². The first-order chi connectivity index (χ1) is 8.13. The Labute approximate surface area is 103 Å². The average Bonchev–Trinajstić information content (AvgIpc) is 2.79. The molecule has 0 unspecified atom stereocenters. The number of nitrogens with zero attached hydrogens (tertiary/aromatic N) is 2. The molecule has 0 radical (unpaired) electrons. The van der Waals surface area contributed by atoms with Gasteiger partial charge in [0, 0.05) is 26.0 Å². The summed E-state index contributed by atoms with van der Waals surface area (Å²) in [4.78, 5) is 4.29. The van der Waals surface area contributed by atoms with Crippen LogP contribution >= 0.6 is 0 Å². The van der Waals surface area contributed by atoms with E-state index in [0.717, 1.165) is 38.5 Å². The van der Waals surface area contributed by atoms with Crippen LogP contribution in [-0.2, 0) is 16.8 Å². The van der Waals surface area contributed by atoms with Crippen molar-refractivity contribution < 1.29 is 4.74 Å². The molecule has 2 heterocycles. The fourth-order valence-corrected chi connectivity index (χ4v) is 2.32. The van der Waals surface area contributed by atoms with Crippen LogP contribution in [0.15, 0.2) is 12.5 Å². The molecule has 1 aromatic heterocycles. The van der Waals surface area contributed by atoms with Gasteiger partial charge in [0.1, 0.15) is 0 Å². The van der Waals surface area contributed by atoms with Gasteiger partial charge in [-0.3, -0.25) is 0 Å². The Balaban J connectivity index is 2.08. The molecule has 17 heavy (non-hydrogen) atoms. The van der Waals surface area contributed by atoms with Crippen LogP contribution in [0.2, 0.25) is 0 Å². The van der Waals surface area contributed by atoms with Crippen LogP contribution < -0.4 is 5.32 Å². The smallest absolute Gasteiger partial charge is 0.0948 e. The van der Waals surface area contributed by atoms with Crippen molar-refractivity contribution in [2.75, 3.05) is 20.3 Å². The minimum atomic E-state index is -0.0261.